The number of carbonyl (C=O) groups excluding carboxylic acids is 1. The largest absolute Gasteiger partial charge is 0.484 e. The molecular weight excluding hydrogens is 349 g/mol. The summed E-state index contributed by atoms with van der Waals surface area (Å²) in [4.78, 5) is 12.0. The number of ether oxygens (including phenoxy) is 1. The molecule has 0 aliphatic carbocycles. The van der Waals surface area contributed by atoms with Gasteiger partial charge in [0.05, 0.1) is 6.04 Å². The summed E-state index contributed by atoms with van der Waals surface area (Å²) >= 11 is 3.39. The van der Waals surface area contributed by atoms with Gasteiger partial charge in [0.2, 0.25) is 0 Å². The summed E-state index contributed by atoms with van der Waals surface area (Å²) in [6.45, 7) is 1.86. The standard InChI is InChI=1S/C17H17BrFNO2/c1-2-16(12-6-8-13(18)9-7-12)20-17(21)11-22-15-5-3-4-14(19)10-15/h3-10,16H,2,11H2,1H3,(H,20,21). The van der Waals surface area contributed by atoms with E-state index < -0.39 is 0 Å². The first kappa shape index (κ1) is 16.5. The van der Waals surface area contributed by atoms with Crippen LogP contribution in [-0.4, -0.2) is 12.5 Å². The van der Waals surface area contributed by atoms with Crippen molar-refractivity contribution in [2.45, 2.75) is 19.4 Å². The lowest BCUT2D eigenvalue weighted by molar-refractivity contribution is -0.123. The molecule has 1 amide bonds. The van der Waals surface area contributed by atoms with Crippen LogP contribution in [0, 0.1) is 5.82 Å². The van der Waals surface area contributed by atoms with Crippen molar-refractivity contribution in [3.8, 4) is 5.75 Å². The maximum Gasteiger partial charge on any atom is 0.258 e. The topological polar surface area (TPSA) is 38.3 Å². The zero-order valence-electron chi connectivity index (χ0n) is 12.2. The van der Waals surface area contributed by atoms with Crippen molar-refractivity contribution < 1.29 is 13.9 Å². The molecule has 0 saturated heterocycles. The predicted molar refractivity (Wildman–Crippen MR) is 87.2 cm³/mol. The van der Waals surface area contributed by atoms with Crippen LogP contribution in [-0.2, 0) is 4.79 Å². The highest BCUT2D eigenvalue weighted by atomic mass is 79.9. The number of carbonyl (C=O) groups is 1. The van der Waals surface area contributed by atoms with Crippen molar-refractivity contribution >= 4 is 21.8 Å². The quantitative estimate of drug-likeness (QED) is 0.831. The third kappa shape index (κ3) is 4.84. The van der Waals surface area contributed by atoms with Crippen molar-refractivity contribution in [3.05, 3.63) is 64.4 Å². The molecular formula is C17H17BrFNO2. The summed E-state index contributed by atoms with van der Waals surface area (Å²) in [5.41, 5.74) is 1.03. The molecule has 2 aromatic rings. The van der Waals surface area contributed by atoms with Crippen molar-refractivity contribution in [1.82, 2.24) is 5.32 Å². The summed E-state index contributed by atoms with van der Waals surface area (Å²) in [7, 11) is 0. The fourth-order valence-corrected chi connectivity index (χ4v) is 2.32. The fraction of sp³-hybridized carbons (Fsp3) is 0.235. The molecule has 2 aromatic carbocycles. The molecule has 3 nitrogen and oxygen atoms in total. The van der Waals surface area contributed by atoms with Crippen molar-refractivity contribution in [3.63, 3.8) is 0 Å². The lowest BCUT2D eigenvalue weighted by Gasteiger charge is -2.17. The summed E-state index contributed by atoms with van der Waals surface area (Å²) in [5.74, 6) is -0.287. The van der Waals surface area contributed by atoms with Gasteiger partial charge in [0.1, 0.15) is 11.6 Å². The Kier molecular flexibility index (Phi) is 5.95. The number of rotatable bonds is 6. The van der Waals surface area contributed by atoms with Gasteiger partial charge in [-0.1, -0.05) is 41.1 Å². The maximum atomic E-state index is 13.0. The van der Waals surface area contributed by atoms with Gasteiger partial charge in [-0.15, -0.1) is 0 Å². The van der Waals surface area contributed by atoms with Crippen molar-refractivity contribution in [2.24, 2.45) is 0 Å². The lowest BCUT2D eigenvalue weighted by Crippen LogP contribution is -2.32. The van der Waals surface area contributed by atoms with Crippen LogP contribution in [0.15, 0.2) is 53.0 Å². The molecule has 22 heavy (non-hydrogen) atoms. The van der Waals surface area contributed by atoms with E-state index in [1.54, 1.807) is 12.1 Å². The number of hydrogen-bond acceptors (Lipinski definition) is 2. The molecule has 0 aromatic heterocycles. The van der Waals surface area contributed by atoms with Gasteiger partial charge in [-0.25, -0.2) is 4.39 Å². The van der Waals surface area contributed by atoms with Crippen LogP contribution in [0.3, 0.4) is 0 Å². The number of nitrogens with one attached hydrogen (secondary N) is 1. The number of benzene rings is 2. The minimum absolute atomic E-state index is 0.0725. The first-order valence-corrected chi connectivity index (χ1v) is 7.81. The molecule has 1 atom stereocenters. The molecule has 1 unspecified atom stereocenters. The third-order valence-electron chi connectivity index (χ3n) is 3.18. The third-order valence-corrected chi connectivity index (χ3v) is 3.71. The Hall–Kier alpha value is -1.88. The van der Waals surface area contributed by atoms with E-state index in [1.807, 2.05) is 31.2 Å². The molecule has 116 valence electrons. The second kappa shape index (κ2) is 7.94. The van der Waals surface area contributed by atoms with Crippen molar-refractivity contribution in [2.75, 3.05) is 6.61 Å². The van der Waals surface area contributed by atoms with E-state index in [9.17, 15) is 9.18 Å². The van der Waals surface area contributed by atoms with Crippen LogP contribution in [0.5, 0.6) is 5.75 Å². The lowest BCUT2D eigenvalue weighted by atomic mass is 10.0. The highest BCUT2D eigenvalue weighted by molar-refractivity contribution is 9.10. The Morgan fingerprint density at radius 1 is 1.27 bits per heavy atom. The molecule has 5 heteroatoms. The summed E-state index contributed by atoms with van der Waals surface area (Å²) in [6, 6.07) is 13.5. The zero-order valence-corrected chi connectivity index (χ0v) is 13.8. The average molecular weight is 366 g/mol. The Morgan fingerprint density at radius 3 is 2.64 bits per heavy atom. The van der Waals surface area contributed by atoms with Gasteiger partial charge in [0.25, 0.3) is 5.91 Å². The highest BCUT2D eigenvalue weighted by Gasteiger charge is 2.13. The molecule has 0 saturated carbocycles. The Bertz CT molecular complexity index is 631. The minimum Gasteiger partial charge on any atom is -0.484 e. The van der Waals surface area contributed by atoms with Gasteiger partial charge in [-0.2, -0.15) is 0 Å². The Balaban J connectivity index is 1.90. The molecule has 0 heterocycles. The monoisotopic (exact) mass is 365 g/mol. The smallest absolute Gasteiger partial charge is 0.258 e. The number of hydrogen-bond donors (Lipinski definition) is 1. The SMILES string of the molecule is CCC(NC(=O)COc1cccc(F)c1)c1ccc(Br)cc1. The van der Waals surface area contributed by atoms with Crippen LogP contribution < -0.4 is 10.1 Å². The molecule has 0 fully saturated rings. The summed E-state index contributed by atoms with van der Waals surface area (Å²) in [5, 5.41) is 2.91. The minimum atomic E-state index is -0.390. The molecule has 0 aliphatic rings. The molecule has 0 bridgehead atoms. The van der Waals surface area contributed by atoms with Gasteiger partial charge in [-0.05, 0) is 36.2 Å². The molecule has 0 spiro atoms. The van der Waals surface area contributed by atoms with Gasteiger partial charge >= 0.3 is 0 Å². The fourth-order valence-electron chi connectivity index (χ4n) is 2.06. The second-order valence-electron chi connectivity index (χ2n) is 4.83. The Labute approximate surface area is 137 Å². The predicted octanol–water partition coefficient (Wildman–Crippen LogP) is 4.23. The zero-order chi connectivity index (χ0) is 15.9. The van der Waals surface area contributed by atoms with E-state index in [1.165, 1.54) is 12.1 Å². The van der Waals surface area contributed by atoms with Crippen LogP contribution >= 0.6 is 15.9 Å². The van der Waals surface area contributed by atoms with Crippen molar-refractivity contribution in [1.29, 1.82) is 0 Å². The van der Waals surface area contributed by atoms with Crippen LogP contribution in [0.2, 0.25) is 0 Å². The van der Waals surface area contributed by atoms with E-state index >= 15 is 0 Å². The van der Waals surface area contributed by atoms with E-state index in [2.05, 4.69) is 21.2 Å². The van der Waals surface area contributed by atoms with Crippen LogP contribution in [0.4, 0.5) is 4.39 Å². The van der Waals surface area contributed by atoms with Gasteiger partial charge in [0.15, 0.2) is 6.61 Å². The van der Waals surface area contributed by atoms with E-state index in [0.717, 1.165) is 16.5 Å². The van der Waals surface area contributed by atoms with E-state index in [-0.39, 0.29) is 24.4 Å². The van der Waals surface area contributed by atoms with Gasteiger partial charge < -0.3 is 10.1 Å². The maximum absolute atomic E-state index is 13.0. The normalized spacial score (nSPS) is 11.8. The van der Waals surface area contributed by atoms with E-state index in [0.29, 0.717) is 5.75 Å². The van der Waals surface area contributed by atoms with E-state index in [4.69, 9.17) is 4.74 Å². The molecule has 1 N–H and O–H groups in total. The number of halogens is 2. The van der Waals surface area contributed by atoms with Gasteiger partial charge in [0, 0.05) is 10.5 Å². The molecule has 2 rings (SSSR count). The molecule has 0 aliphatic heterocycles. The molecule has 0 radical (unpaired) electrons. The first-order chi connectivity index (χ1) is 10.6. The first-order valence-electron chi connectivity index (χ1n) is 7.01. The average Bonchev–Trinajstić information content (AvgIpc) is 2.52. The second-order valence-corrected chi connectivity index (χ2v) is 5.74. The summed E-state index contributed by atoms with van der Waals surface area (Å²) < 4.78 is 19.3. The number of amides is 1. The summed E-state index contributed by atoms with van der Waals surface area (Å²) in [6.07, 6.45) is 0.771. The highest BCUT2D eigenvalue weighted by Crippen LogP contribution is 2.19. The Morgan fingerprint density at radius 2 is 2.00 bits per heavy atom. The van der Waals surface area contributed by atoms with Crippen LogP contribution in [0.25, 0.3) is 0 Å². The van der Waals surface area contributed by atoms with Crippen LogP contribution in [0.1, 0.15) is 24.9 Å². The van der Waals surface area contributed by atoms with Gasteiger partial charge in [-0.3, -0.25) is 4.79 Å².